The van der Waals surface area contributed by atoms with Gasteiger partial charge in [-0.15, -0.1) is 0 Å². The molecule has 0 amide bonds. The second kappa shape index (κ2) is 5.76. The van der Waals surface area contributed by atoms with Crippen molar-refractivity contribution in [1.82, 2.24) is 9.78 Å². The highest BCUT2D eigenvalue weighted by Crippen LogP contribution is 2.30. The fourth-order valence-corrected chi connectivity index (χ4v) is 2.74. The van der Waals surface area contributed by atoms with E-state index in [1.807, 2.05) is 26.1 Å². The van der Waals surface area contributed by atoms with Crippen molar-refractivity contribution in [3.63, 3.8) is 0 Å². The Morgan fingerprint density at radius 2 is 1.85 bits per heavy atom. The summed E-state index contributed by atoms with van der Waals surface area (Å²) in [6.07, 6.45) is 1.17. The first-order valence-electron chi connectivity index (χ1n) is 6.54. The topological polar surface area (TPSA) is 38.0 Å². The maximum Gasteiger partial charge on any atom is 0.0924 e. The van der Waals surface area contributed by atoms with E-state index in [1.165, 1.54) is 0 Å². The second-order valence-electron chi connectivity index (χ2n) is 5.14. The minimum absolute atomic E-state index is 0.400. The molecule has 0 spiro atoms. The Labute approximate surface area is 129 Å². The van der Waals surface area contributed by atoms with Crippen LogP contribution in [-0.2, 0) is 25.5 Å². The first kappa shape index (κ1) is 15.4. The summed E-state index contributed by atoms with van der Waals surface area (Å²) in [5, 5.41) is 16.4. The van der Waals surface area contributed by atoms with E-state index in [-0.39, 0.29) is 0 Å². The van der Waals surface area contributed by atoms with E-state index in [0.717, 1.165) is 23.4 Å². The largest absolute Gasteiger partial charge is 0.385 e. The van der Waals surface area contributed by atoms with E-state index in [9.17, 15) is 5.11 Å². The van der Waals surface area contributed by atoms with Gasteiger partial charge in [0, 0.05) is 18.5 Å². The summed E-state index contributed by atoms with van der Waals surface area (Å²) in [5.74, 6) is 0. The van der Waals surface area contributed by atoms with Crippen LogP contribution in [0.4, 0.5) is 0 Å². The molecule has 1 heterocycles. The zero-order valence-electron chi connectivity index (χ0n) is 11.8. The highest BCUT2D eigenvalue weighted by molar-refractivity contribution is 6.32. The third-order valence-corrected chi connectivity index (χ3v) is 4.17. The standard InChI is InChI=1S/C15H18Cl2N2O/c1-4-12-14(17)13(19(3)18-12)9-15(2,20)10-5-7-11(16)8-6-10/h5-8,20H,4,9H2,1-3H3. The summed E-state index contributed by atoms with van der Waals surface area (Å²) < 4.78 is 1.74. The first-order chi connectivity index (χ1) is 9.35. The van der Waals surface area contributed by atoms with Gasteiger partial charge in [0.1, 0.15) is 0 Å². The second-order valence-corrected chi connectivity index (χ2v) is 5.96. The van der Waals surface area contributed by atoms with Crippen LogP contribution in [0.2, 0.25) is 10.0 Å². The maximum atomic E-state index is 10.7. The summed E-state index contributed by atoms with van der Waals surface area (Å²) in [5.41, 5.74) is 1.48. The predicted octanol–water partition coefficient (Wildman–Crippen LogP) is 3.74. The van der Waals surface area contributed by atoms with Gasteiger partial charge in [0.05, 0.1) is 22.0 Å². The molecule has 1 aromatic carbocycles. The molecule has 1 N–H and O–H groups in total. The van der Waals surface area contributed by atoms with Crippen molar-refractivity contribution in [2.75, 3.05) is 0 Å². The number of aryl methyl sites for hydroxylation is 2. The summed E-state index contributed by atoms with van der Waals surface area (Å²) in [6.45, 7) is 3.78. The summed E-state index contributed by atoms with van der Waals surface area (Å²) in [7, 11) is 1.85. The normalized spacial score (nSPS) is 14.3. The molecular formula is C15H18Cl2N2O. The van der Waals surface area contributed by atoms with Gasteiger partial charge in [-0.1, -0.05) is 42.3 Å². The lowest BCUT2D eigenvalue weighted by Gasteiger charge is -2.24. The zero-order valence-corrected chi connectivity index (χ0v) is 13.3. The first-order valence-corrected chi connectivity index (χ1v) is 7.29. The van der Waals surface area contributed by atoms with Gasteiger partial charge in [-0.2, -0.15) is 5.10 Å². The van der Waals surface area contributed by atoms with Gasteiger partial charge < -0.3 is 5.11 Å². The van der Waals surface area contributed by atoms with Crippen LogP contribution in [0, 0.1) is 0 Å². The van der Waals surface area contributed by atoms with Gasteiger partial charge >= 0.3 is 0 Å². The predicted molar refractivity (Wildman–Crippen MR) is 82.3 cm³/mol. The average molecular weight is 313 g/mol. The van der Waals surface area contributed by atoms with E-state index in [1.54, 1.807) is 23.7 Å². The van der Waals surface area contributed by atoms with Crippen molar-refractivity contribution in [2.45, 2.75) is 32.3 Å². The Hall–Kier alpha value is -1.03. The van der Waals surface area contributed by atoms with Gasteiger partial charge in [0.25, 0.3) is 0 Å². The molecular weight excluding hydrogens is 295 g/mol. The van der Waals surface area contributed by atoms with Crippen molar-refractivity contribution in [1.29, 1.82) is 0 Å². The molecule has 0 fully saturated rings. The van der Waals surface area contributed by atoms with Crippen molar-refractivity contribution < 1.29 is 5.11 Å². The third kappa shape index (κ3) is 3.00. The number of benzene rings is 1. The van der Waals surface area contributed by atoms with Gasteiger partial charge in [0.15, 0.2) is 0 Å². The lowest BCUT2D eigenvalue weighted by molar-refractivity contribution is 0.0556. The van der Waals surface area contributed by atoms with Gasteiger partial charge in [-0.3, -0.25) is 4.68 Å². The molecule has 0 bridgehead atoms. The number of halogens is 2. The number of rotatable bonds is 4. The van der Waals surface area contributed by atoms with E-state index in [4.69, 9.17) is 23.2 Å². The number of nitrogens with zero attached hydrogens (tertiary/aromatic N) is 2. The minimum Gasteiger partial charge on any atom is -0.385 e. The molecule has 0 aliphatic heterocycles. The summed E-state index contributed by atoms with van der Waals surface area (Å²) in [4.78, 5) is 0. The Bertz CT molecular complexity index is 603. The molecule has 0 aliphatic carbocycles. The maximum absolute atomic E-state index is 10.7. The van der Waals surface area contributed by atoms with Crippen molar-refractivity contribution in [3.05, 3.63) is 51.3 Å². The highest BCUT2D eigenvalue weighted by atomic mass is 35.5. The number of hydrogen-bond acceptors (Lipinski definition) is 2. The minimum atomic E-state index is -1.02. The molecule has 2 rings (SSSR count). The zero-order chi connectivity index (χ0) is 14.9. The van der Waals surface area contributed by atoms with E-state index in [2.05, 4.69) is 5.10 Å². The SMILES string of the molecule is CCc1nn(C)c(CC(C)(O)c2ccc(Cl)cc2)c1Cl. The van der Waals surface area contributed by atoms with E-state index in [0.29, 0.717) is 16.5 Å². The molecule has 5 heteroatoms. The van der Waals surface area contributed by atoms with Crippen LogP contribution in [0.3, 0.4) is 0 Å². The fourth-order valence-electron chi connectivity index (χ4n) is 2.25. The molecule has 20 heavy (non-hydrogen) atoms. The quantitative estimate of drug-likeness (QED) is 0.934. The summed E-state index contributed by atoms with van der Waals surface area (Å²) >= 11 is 12.2. The monoisotopic (exact) mass is 312 g/mol. The van der Waals surface area contributed by atoms with Crippen LogP contribution in [0.15, 0.2) is 24.3 Å². The van der Waals surface area contributed by atoms with Crippen LogP contribution in [-0.4, -0.2) is 14.9 Å². The molecule has 2 aromatic rings. The smallest absolute Gasteiger partial charge is 0.0924 e. The van der Waals surface area contributed by atoms with Gasteiger partial charge in [-0.05, 0) is 31.0 Å². The van der Waals surface area contributed by atoms with Gasteiger partial charge in [-0.25, -0.2) is 0 Å². The Morgan fingerprint density at radius 3 is 2.35 bits per heavy atom. The van der Waals surface area contributed by atoms with Crippen molar-refractivity contribution >= 4 is 23.2 Å². The molecule has 3 nitrogen and oxygen atoms in total. The fraction of sp³-hybridized carbons (Fsp3) is 0.400. The highest BCUT2D eigenvalue weighted by Gasteiger charge is 2.27. The molecule has 108 valence electrons. The Morgan fingerprint density at radius 1 is 1.25 bits per heavy atom. The van der Waals surface area contributed by atoms with Gasteiger partial charge in [0.2, 0.25) is 0 Å². The summed E-state index contributed by atoms with van der Waals surface area (Å²) in [6, 6.07) is 7.20. The molecule has 0 aliphatic rings. The van der Waals surface area contributed by atoms with Crippen molar-refractivity contribution in [2.24, 2.45) is 7.05 Å². The molecule has 0 radical (unpaired) electrons. The van der Waals surface area contributed by atoms with Crippen LogP contribution in [0.25, 0.3) is 0 Å². The molecule has 0 saturated heterocycles. The number of hydrogen-bond donors (Lipinski definition) is 1. The van der Waals surface area contributed by atoms with Crippen LogP contribution < -0.4 is 0 Å². The van der Waals surface area contributed by atoms with Crippen molar-refractivity contribution in [3.8, 4) is 0 Å². The molecule has 1 atom stereocenters. The molecule has 0 saturated carbocycles. The Kier molecular flexibility index (Phi) is 4.43. The van der Waals surface area contributed by atoms with E-state index >= 15 is 0 Å². The van der Waals surface area contributed by atoms with Crippen LogP contribution in [0.5, 0.6) is 0 Å². The third-order valence-electron chi connectivity index (χ3n) is 3.48. The molecule has 1 aromatic heterocycles. The number of aromatic nitrogens is 2. The van der Waals surface area contributed by atoms with Crippen LogP contribution >= 0.6 is 23.2 Å². The Balaban J connectivity index is 2.32. The lowest BCUT2D eigenvalue weighted by atomic mass is 9.91. The number of aliphatic hydroxyl groups is 1. The average Bonchev–Trinajstić information content (AvgIpc) is 2.66. The van der Waals surface area contributed by atoms with E-state index < -0.39 is 5.60 Å². The van der Waals surface area contributed by atoms with Crippen LogP contribution in [0.1, 0.15) is 30.8 Å². The lowest BCUT2D eigenvalue weighted by Crippen LogP contribution is -2.25. The molecule has 1 unspecified atom stereocenters.